The molecule has 1 aromatic heterocycles. The van der Waals surface area contributed by atoms with E-state index >= 15 is 0 Å². The summed E-state index contributed by atoms with van der Waals surface area (Å²) in [5.41, 5.74) is 1.06. The average molecular weight is 224 g/mol. The summed E-state index contributed by atoms with van der Waals surface area (Å²) < 4.78 is 0. The topological polar surface area (TPSA) is 37.8 Å². The lowest BCUT2D eigenvalue weighted by Crippen LogP contribution is -2.49. The van der Waals surface area contributed by atoms with Crippen LogP contribution in [0.1, 0.15) is 30.9 Å². The van der Waals surface area contributed by atoms with Crippen LogP contribution in [0.15, 0.2) is 12.4 Å². The van der Waals surface area contributed by atoms with Gasteiger partial charge >= 0.3 is 0 Å². The summed E-state index contributed by atoms with van der Waals surface area (Å²) in [5, 5.41) is 4.08. The Morgan fingerprint density at radius 3 is 2.87 bits per heavy atom. The van der Waals surface area contributed by atoms with Crippen molar-refractivity contribution in [3.63, 3.8) is 0 Å². The molecule has 4 heteroatoms. The molecule has 2 aliphatic heterocycles. The molecule has 3 aliphatic rings. The average Bonchev–Trinajstić information content (AvgIpc) is 2.30. The highest BCUT2D eigenvalue weighted by Crippen LogP contribution is 2.39. The van der Waals surface area contributed by atoms with Gasteiger partial charge in [-0.2, -0.15) is 0 Å². The van der Waals surface area contributed by atoms with Crippen molar-refractivity contribution in [3.8, 4) is 0 Å². The Hall–Kier alpha value is -0.670. The van der Waals surface area contributed by atoms with E-state index in [4.69, 9.17) is 11.6 Å². The van der Waals surface area contributed by atoms with E-state index in [1.54, 1.807) is 6.20 Å². The molecule has 80 valence electrons. The highest BCUT2D eigenvalue weighted by molar-refractivity contribution is 6.29. The van der Waals surface area contributed by atoms with Crippen LogP contribution in [0, 0.1) is 5.92 Å². The largest absolute Gasteiger partial charge is 0.313 e. The van der Waals surface area contributed by atoms with Crippen molar-refractivity contribution in [1.82, 2.24) is 15.3 Å². The molecule has 2 bridgehead atoms. The van der Waals surface area contributed by atoms with Crippen molar-refractivity contribution < 1.29 is 0 Å². The van der Waals surface area contributed by atoms with Crippen molar-refractivity contribution >= 4 is 11.6 Å². The second-order valence-corrected chi connectivity index (χ2v) is 4.95. The molecule has 1 aliphatic carbocycles. The fourth-order valence-corrected chi connectivity index (χ4v) is 3.02. The summed E-state index contributed by atoms with van der Waals surface area (Å²) in [6.07, 6.45) is 7.33. The third-order valence-corrected chi connectivity index (χ3v) is 3.81. The maximum atomic E-state index is 5.87. The smallest absolute Gasteiger partial charge is 0.147 e. The number of fused-ring (bicyclic) bond motifs is 3. The standard InChI is InChI=1S/C11H14ClN3/c12-11-6-13-5-10(15-11)8-3-7-1-2-9(8)14-4-7/h5-9,14H,1-4H2. The fourth-order valence-electron chi connectivity index (χ4n) is 2.87. The molecular formula is C11H14ClN3. The van der Waals surface area contributed by atoms with Crippen molar-refractivity contribution in [2.75, 3.05) is 6.54 Å². The number of aromatic nitrogens is 2. The molecule has 1 saturated carbocycles. The van der Waals surface area contributed by atoms with Crippen LogP contribution in [0.4, 0.5) is 0 Å². The predicted molar refractivity (Wildman–Crippen MR) is 58.9 cm³/mol. The Balaban J connectivity index is 1.88. The molecule has 3 atom stereocenters. The summed E-state index contributed by atoms with van der Waals surface area (Å²) >= 11 is 5.87. The number of rotatable bonds is 1. The molecule has 0 radical (unpaired) electrons. The second kappa shape index (κ2) is 3.72. The van der Waals surface area contributed by atoms with E-state index in [0.717, 1.165) is 11.6 Å². The van der Waals surface area contributed by atoms with Gasteiger partial charge in [-0.3, -0.25) is 4.98 Å². The maximum Gasteiger partial charge on any atom is 0.147 e. The Morgan fingerprint density at radius 2 is 2.27 bits per heavy atom. The highest BCUT2D eigenvalue weighted by Gasteiger charge is 2.36. The van der Waals surface area contributed by atoms with Crippen LogP contribution in [-0.2, 0) is 0 Å². The predicted octanol–water partition coefficient (Wildman–Crippen LogP) is 1.99. The van der Waals surface area contributed by atoms with E-state index < -0.39 is 0 Å². The van der Waals surface area contributed by atoms with Gasteiger partial charge in [0.2, 0.25) is 0 Å². The first-order valence-corrected chi connectivity index (χ1v) is 5.91. The Morgan fingerprint density at radius 1 is 1.33 bits per heavy atom. The van der Waals surface area contributed by atoms with Crippen LogP contribution in [0.3, 0.4) is 0 Å². The molecule has 0 amide bonds. The third kappa shape index (κ3) is 1.74. The summed E-state index contributed by atoms with van der Waals surface area (Å²) in [7, 11) is 0. The molecule has 1 aromatic rings. The van der Waals surface area contributed by atoms with Gasteiger partial charge in [-0.15, -0.1) is 0 Å². The number of piperidine rings is 2. The third-order valence-electron chi connectivity index (χ3n) is 3.63. The molecule has 0 spiro atoms. The Kier molecular flexibility index (Phi) is 2.37. The van der Waals surface area contributed by atoms with Crippen LogP contribution in [0.25, 0.3) is 0 Å². The van der Waals surface area contributed by atoms with Crippen molar-refractivity contribution in [1.29, 1.82) is 0 Å². The van der Waals surface area contributed by atoms with Crippen LogP contribution in [-0.4, -0.2) is 22.6 Å². The van der Waals surface area contributed by atoms with E-state index in [9.17, 15) is 0 Å². The van der Waals surface area contributed by atoms with Gasteiger partial charge in [-0.05, 0) is 31.7 Å². The Labute approximate surface area is 94.3 Å². The lowest BCUT2D eigenvalue weighted by molar-refractivity contribution is 0.180. The first kappa shape index (κ1) is 9.55. The number of nitrogens with zero attached hydrogens (tertiary/aromatic N) is 2. The minimum Gasteiger partial charge on any atom is -0.313 e. The summed E-state index contributed by atoms with van der Waals surface area (Å²) in [5.74, 6) is 1.34. The quantitative estimate of drug-likeness (QED) is 0.791. The van der Waals surface area contributed by atoms with Crippen LogP contribution in [0.2, 0.25) is 5.15 Å². The molecule has 3 heterocycles. The minimum absolute atomic E-state index is 0.508. The Bertz CT molecular complexity index is 361. The summed E-state index contributed by atoms with van der Waals surface area (Å²) in [4.78, 5) is 8.50. The molecule has 3 nitrogen and oxygen atoms in total. The molecule has 3 unspecified atom stereocenters. The molecular weight excluding hydrogens is 210 g/mol. The van der Waals surface area contributed by atoms with E-state index in [0.29, 0.717) is 17.1 Å². The first-order chi connectivity index (χ1) is 7.33. The normalized spacial score (nSPS) is 34.3. The summed E-state index contributed by atoms with van der Waals surface area (Å²) in [6, 6.07) is 0.586. The van der Waals surface area contributed by atoms with Crippen molar-refractivity contribution in [2.45, 2.75) is 31.2 Å². The monoisotopic (exact) mass is 223 g/mol. The zero-order chi connectivity index (χ0) is 10.3. The number of hydrogen-bond acceptors (Lipinski definition) is 3. The highest BCUT2D eigenvalue weighted by atomic mass is 35.5. The molecule has 4 rings (SSSR count). The van der Waals surface area contributed by atoms with Gasteiger partial charge in [0.15, 0.2) is 0 Å². The fraction of sp³-hybridized carbons (Fsp3) is 0.636. The number of halogens is 1. The van der Waals surface area contributed by atoms with E-state index in [1.165, 1.54) is 25.8 Å². The molecule has 1 N–H and O–H groups in total. The van der Waals surface area contributed by atoms with E-state index in [-0.39, 0.29) is 0 Å². The van der Waals surface area contributed by atoms with Crippen LogP contribution >= 0.6 is 11.6 Å². The van der Waals surface area contributed by atoms with Gasteiger partial charge in [-0.1, -0.05) is 11.6 Å². The molecule has 2 saturated heterocycles. The van der Waals surface area contributed by atoms with E-state index in [1.807, 2.05) is 6.20 Å². The zero-order valence-electron chi connectivity index (χ0n) is 8.49. The van der Waals surface area contributed by atoms with Gasteiger partial charge in [0, 0.05) is 18.2 Å². The lowest BCUT2D eigenvalue weighted by atomic mass is 9.73. The van der Waals surface area contributed by atoms with Crippen LogP contribution in [0.5, 0.6) is 0 Å². The van der Waals surface area contributed by atoms with Gasteiger partial charge < -0.3 is 5.32 Å². The molecule has 0 aromatic carbocycles. The minimum atomic E-state index is 0.508. The van der Waals surface area contributed by atoms with Gasteiger partial charge in [0.1, 0.15) is 5.15 Å². The maximum absolute atomic E-state index is 5.87. The van der Waals surface area contributed by atoms with Gasteiger partial charge in [0.25, 0.3) is 0 Å². The number of nitrogens with one attached hydrogen (secondary N) is 1. The molecule has 15 heavy (non-hydrogen) atoms. The SMILES string of the molecule is Clc1cncc(C2CC3CCC2NC3)n1. The summed E-state index contributed by atoms with van der Waals surface area (Å²) in [6.45, 7) is 1.18. The van der Waals surface area contributed by atoms with Crippen molar-refractivity contribution in [2.24, 2.45) is 5.92 Å². The first-order valence-electron chi connectivity index (χ1n) is 5.54. The number of hydrogen-bond donors (Lipinski definition) is 1. The molecule has 3 fully saturated rings. The van der Waals surface area contributed by atoms with Crippen molar-refractivity contribution in [3.05, 3.63) is 23.2 Å². The van der Waals surface area contributed by atoms with Crippen LogP contribution < -0.4 is 5.32 Å². The lowest BCUT2D eigenvalue weighted by Gasteiger charge is -2.42. The van der Waals surface area contributed by atoms with Gasteiger partial charge in [0.05, 0.1) is 11.9 Å². The van der Waals surface area contributed by atoms with E-state index in [2.05, 4.69) is 15.3 Å². The van der Waals surface area contributed by atoms with Gasteiger partial charge in [-0.25, -0.2) is 4.98 Å². The zero-order valence-corrected chi connectivity index (χ0v) is 9.24. The second-order valence-electron chi connectivity index (χ2n) is 4.57.